The number of ether oxygens (including phenoxy) is 3. The van der Waals surface area contributed by atoms with E-state index in [4.69, 9.17) is 20.5 Å². The number of carbonyl (C=O) groups excluding carboxylic acids is 2. The molecule has 0 aliphatic rings. The fourth-order valence-electron chi connectivity index (χ4n) is 2.94. The number of hydrogen-bond donors (Lipinski definition) is 2. The lowest BCUT2D eigenvalue weighted by Crippen LogP contribution is -2.20. The van der Waals surface area contributed by atoms with Crippen LogP contribution in [0.3, 0.4) is 0 Å². The number of hydrogen-bond acceptors (Lipinski definition) is 8. The van der Waals surface area contributed by atoms with Crippen molar-refractivity contribution < 1.29 is 23.8 Å². The third-order valence-electron chi connectivity index (χ3n) is 4.87. The Labute approximate surface area is 242 Å². The molecule has 0 rings (SSSR count). The molecule has 0 fully saturated rings. The molecule has 0 atom stereocenters. The second-order valence-corrected chi connectivity index (χ2v) is 11.4. The summed E-state index contributed by atoms with van der Waals surface area (Å²) in [6, 6.07) is 0. The van der Waals surface area contributed by atoms with Gasteiger partial charge in [0.1, 0.15) is 6.61 Å². The lowest BCUT2D eigenvalue weighted by Gasteiger charge is -2.07. The van der Waals surface area contributed by atoms with Gasteiger partial charge in [0.05, 0.1) is 26.4 Å². The van der Waals surface area contributed by atoms with Crippen LogP contribution in [0.2, 0.25) is 0 Å². The van der Waals surface area contributed by atoms with Crippen molar-refractivity contribution in [3.8, 4) is 6.26 Å². The highest BCUT2D eigenvalue weighted by Gasteiger charge is 2.02. The van der Waals surface area contributed by atoms with Gasteiger partial charge in [-0.05, 0) is 24.7 Å². The number of rotatable bonds is 22. The maximum absolute atomic E-state index is 11.6. The van der Waals surface area contributed by atoms with Gasteiger partial charge in [-0.2, -0.15) is 5.26 Å². The van der Waals surface area contributed by atoms with Gasteiger partial charge in [-0.1, -0.05) is 110 Å². The molecule has 0 radical (unpaired) electrons. The van der Waals surface area contributed by atoms with Crippen molar-refractivity contribution in [2.45, 2.75) is 99.3 Å². The van der Waals surface area contributed by atoms with Crippen LogP contribution in [0.15, 0.2) is 0 Å². The first-order chi connectivity index (χ1) is 18.3. The van der Waals surface area contributed by atoms with Crippen molar-refractivity contribution >= 4 is 34.0 Å². The molecule has 0 saturated heterocycles. The molecule has 10 heteroatoms. The molecule has 0 unspecified atom stereocenters. The molecule has 38 heavy (non-hydrogen) atoms. The minimum absolute atomic E-state index is 0.0190. The smallest absolute Gasteiger partial charge is 0.286 e. The van der Waals surface area contributed by atoms with E-state index in [0.717, 1.165) is 43.0 Å². The third kappa shape index (κ3) is 44.8. The van der Waals surface area contributed by atoms with Crippen molar-refractivity contribution in [1.29, 1.82) is 5.26 Å². The normalized spacial score (nSPS) is 10.2. The summed E-state index contributed by atoms with van der Waals surface area (Å²) in [5.74, 6) is 2.78. The summed E-state index contributed by atoms with van der Waals surface area (Å²) in [5, 5.41) is 10.6. The molecule has 0 aromatic carbocycles. The quantitative estimate of drug-likeness (QED) is 0.0992. The Morgan fingerprint density at radius 3 is 1.76 bits per heavy atom. The monoisotopic (exact) mass is 579 g/mol. The number of nitriles is 1. The number of carbonyl (C=O) groups is 2. The fraction of sp³-hybridized carbons (Fsp3) is 0.893. The number of thioether (sulfide) groups is 2. The van der Waals surface area contributed by atoms with Crippen LogP contribution in [0.4, 0.5) is 9.59 Å². The molecule has 2 amide bonds. The zero-order chi connectivity index (χ0) is 29.3. The first-order valence-electron chi connectivity index (χ1n) is 14.3. The van der Waals surface area contributed by atoms with Crippen LogP contribution in [-0.2, 0) is 14.2 Å². The lowest BCUT2D eigenvalue weighted by molar-refractivity contribution is 0.0605. The average molecular weight is 580 g/mol. The van der Waals surface area contributed by atoms with Crippen molar-refractivity contribution in [3.63, 3.8) is 0 Å². The average Bonchev–Trinajstić information content (AvgIpc) is 2.87. The summed E-state index contributed by atoms with van der Waals surface area (Å²) in [6.45, 7) is 16.3. The first kappa shape index (κ1) is 41.3. The molecular formula is C28H57N3O5S2. The van der Waals surface area contributed by atoms with Gasteiger partial charge in [0.25, 0.3) is 16.7 Å². The lowest BCUT2D eigenvalue weighted by atomic mass is 10.0. The summed E-state index contributed by atoms with van der Waals surface area (Å²) in [5.41, 5.74) is 4.99. The Hall–Kier alpha value is -1.15. The molecule has 0 saturated carbocycles. The van der Waals surface area contributed by atoms with E-state index in [9.17, 15) is 9.59 Å². The van der Waals surface area contributed by atoms with Gasteiger partial charge in [0.2, 0.25) is 0 Å². The van der Waals surface area contributed by atoms with E-state index in [1.54, 1.807) is 6.26 Å². The second-order valence-electron chi connectivity index (χ2n) is 9.23. The molecule has 0 bridgehead atoms. The van der Waals surface area contributed by atoms with Crippen molar-refractivity contribution in [1.82, 2.24) is 5.32 Å². The highest BCUT2D eigenvalue weighted by Crippen LogP contribution is 2.09. The van der Waals surface area contributed by atoms with Gasteiger partial charge in [-0.3, -0.25) is 9.59 Å². The number of unbranched alkanes of at least 4 members (excludes halogenated alkanes) is 5. The van der Waals surface area contributed by atoms with Gasteiger partial charge in [-0.25, -0.2) is 0 Å². The van der Waals surface area contributed by atoms with E-state index in [0.29, 0.717) is 44.5 Å². The molecule has 0 aliphatic heterocycles. The molecule has 0 heterocycles. The van der Waals surface area contributed by atoms with Crippen LogP contribution in [0.25, 0.3) is 0 Å². The third-order valence-corrected chi connectivity index (χ3v) is 6.31. The number of nitrogens with zero attached hydrogens (tertiary/aromatic N) is 1. The topological polar surface area (TPSA) is 124 Å². The zero-order valence-corrected chi connectivity index (χ0v) is 26.7. The van der Waals surface area contributed by atoms with Crippen LogP contribution in [0.5, 0.6) is 0 Å². The highest BCUT2D eigenvalue weighted by molar-refractivity contribution is 8.13. The first-order valence-corrected chi connectivity index (χ1v) is 16.3. The standard InChI is InChI=1S/C17H34N2O4S2.C9H17NO.C2H6/c1-15(2)7-5-3-4-6-8-19-17(21)25-14-12-23-10-9-22-11-13-24-16(18)20;1-9(2)6-4-3-5-7-11-8-10;1-2/h15H,3-14H2,1-2H3,(H2,18,20)(H,19,21);9H,3-7H2,1-2H3;1-2H3. The van der Waals surface area contributed by atoms with Crippen LogP contribution in [-0.4, -0.2) is 61.6 Å². The van der Waals surface area contributed by atoms with E-state index in [1.807, 2.05) is 13.8 Å². The van der Waals surface area contributed by atoms with E-state index >= 15 is 0 Å². The Balaban J connectivity index is -0.000000786. The molecule has 0 aromatic heterocycles. The largest absolute Gasteiger partial charge is 0.428 e. The molecule has 0 aliphatic carbocycles. The van der Waals surface area contributed by atoms with Crippen LogP contribution >= 0.6 is 23.5 Å². The summed E-state index contributed by atoms with van der Waals surface area (Å²) in [6.07, 6.45) is 12.5. The van der Waals surface area contributed by atoms with E-state index in [1.165, 1.54) is 56.7 Å². The van der Waals surface area contributed by atoms with Gasteiger partial charge < -0.3 is 25.3 Å². The maximum atomic E-state index is 11.6. The van der Waals surface area contributed by atoms with Crippen molar-refractivity contribution in [2.24, 2.45) is 17.6 Å². The van der Waals surface area contributed by atoms with Gasteiger partial charge >= 0.3 is 0 Å². The molecule has 0 aromatic rings. The predicted octanol–water partition coefficient (Wildman–Crippen LogP) is 7.61. The Morgan fingerprint density at radius 2 is 1.26 bits per heavy atom. The Morgan fingerprint density at radius 1 is 0.763 bits per heavy atom. The Bertz CT molecular complexity index is 547. The second kappa shape index (κ2) is 35.9. The summed E-state index contributed by atoms with van der Waals surface area (Å²) >= 11 is 2.30. The van der Waals surface area contributed by atoms with Crippen LogP contribution < -0.4 is 11.1 Å². The van der Waals surface area contributed by atoms with Crippen molar-refractivity contribution in [3.05, 3.63) is 0 Å². The van der Waals surface area contributed by atoms with Crippen LogP contribution in [0, 0.1) is 23.4 Å². The van der Waals surface area contributed by atoms with E-state index in [-0.39, 0.29) is 10.5 Å². The van der Waals surface area contributed by atoms with Crippen LogP contribution in [0.1, 0.15) is 99.3 Å². The van der Waals surface area contributed by atoms with Crippen molar-refractivity contribution in [2.75, 3.05) is 51.1 Å². The summed E-state index contributed by atoms with van der Waals surface area (Å²) < 4.78 is 15.2. The minimum atomic E-state index is -0.388. The SMILES string of the molecule is CC.CC(C)CCCCCCNC(=O)SCCOCCOCCSC(N)=O.CC(C)CCCCCOC#N. The number of nitrogens with two attached hydrogens (primary N) is 1. The van der Waals surface area contributed by atoms with E-state index in [2.05, 4.69) is 37.7 Å². The van der Waals surface area contributed by atoms with Gasteiger partial charge in [0, 0.05) is 18.1 Å². The van der Waals surface area contributed by atoms with Gasteiger partial charge in [-0.15, -0.1) is 0 Å². The maximum Gasteiger partial charge on any atom is 0.286 e. The zero-order valence-electron chi connectivity index (χ0n) is 25.1. The molecule has 8 nitrogen and oxygen atoms in total. The highest BCUT2D eigenvalue weighted by atomic mass is 32.2. The minimum Gasteiger partial charge on any atom is -0.428 e. The molecule has 0 spiro atoms. The summed E-state index contributed by atoms with van der Waals surface area (Å²) in [4.78, 5) is 22.1. The summed E-state index contributed by atoms with van der Waals surface area (Å²) in [7, 11) is 0. The molecule has 226 valence electrons. The molecule has 3 N–H and O–H groups in total. The number of primary amides is 1. The predicted molar refractivity (Wildman–Crippen MR) is 164 cm³/mol. The molecular weight excluding hydrogens is 522 g/mol. The number of nitrogens with one attached hydrogen (secondary N) is 1. The van der Waals surface area contributed by atoms with E-state index < -0.39 is 0 Å². The van der Waals surface area contributed by atoms with Gasteiger partial charge in [0.15, 0.2) is 0 Å². The fourth-order valence-corrected chi connectivity index (χ4v) is 3.93. The Kier molecular flexibility index (Phi) is 39.0. The number of amides is 2.